The normalized spacial score (nSPS) is 13.2. The van der Waals surface area contributed by atoms with Gasteiger partial charge in [-0.3, -0.25) is 4.68 Å². The summed E-state index contributed by atoms with van der Waals surface area (Å²) in [5, 5.41) is 16.0. The summed E-state index contributed by atoms with van der Waals surface area (Å²) in [6.07, 6.45) is 2.63. The molecule has 2 aromatic heterocycles. The number of aliphatic hydroxyl groups excluding tert-OH is 1. The summed E-state index contributed by atoms with van der Waals surface area (Å²) in [7, 11) is 0. The summed E-state index contributed by atoms with van der Waals surface area (Å²) in [4.78, 5) is 0. The Labute approximate surface area is 121 Å². The van der Waals surface area contributed by atoms with Gasteiger partial charge in [-0.1, -0.05) is 23.7 Å². The molecule has 0 amide bonds. The summed E-state index contributed by atoms with van der Waals surface area (Å²) in [5.41, 5.74) is 1.30. The standard InChI is InChI=1S/C15H15ClN2O2/c1-9(2)18-8-11(7-17-18)14(19)13-6-10-4-3-5-12(16)15(10)20-13/h3-9,14,19H,1-2H3. The third-order valence-electron chi connectivity index (χ3n) is 3.25. The number of aliphatic hydroxyl groups is 1. The second-order valence-corrected chi connectivity index (χ2v) is 5.46. The van der Waals surface area contributed by atoms with Crippen molar-refractivity contribution in [1.29, 1.82) is 0 Å². The molecule has 0 saturated carbocycles. The van der Waals surface area contributed by atoms with Crippen molar-refractivity contribution in [3.05, 3.63) is 53.0 Å². The van der Waals surface area contributed by atoms with Crippen molar-refractivity contribution in [1.82, 2.24) is 9.78 Å². The molecule has 0 bridgehead atoms. The number of furan rings is 1. The van der Waals surface area contributed by atoms with Gasteiger partial charge in [-0.05, 0) is 26.0 Å². The van der Waals surface area contributed by atoms with Crippen LogP contribution in [-0.4, -0.2) is 14.9 Å². The maximum atomic E-state index is 10.4. The Hall–Kier alpha value is -1.78. The molecule has 104 valence electrons. The van der Waals surface area contributed by atoms with Gasteiger partial charge in [0.2, 0.25) is 0 Å². The van der Waals surface area contributed by atoms with Gasteiger partial charge in [0.05, 0.1) is 11.2 Å². The number of hydrogen-bond donors (Lipinski definition) is 1. The van der Waals surface area contributed by atoms with E-state index in [1.165, 1.54) is 0 Å². The molecule has 0 spiro atoms. The van der Waals surface area contributed by atoms with Crippen LogP contribution in [0.2, 0.25) is 5.02 Å². The SMILES string of the molecule is CC(C)n1cc(C(O)c2cc3cccc(Cl)c3o2)cn1. The number of fused-ring (bicyclic) bond motifs is 1. The highest BCUT2D eigenvalue weighted by atomic mass is 35.5. The number of nitrogens with zero attached hydrogens (tertiary/aromatic N) is 2. The predicted octanol–water partition coefficient (Wildman–Crippen LogP) is 3.95. The Bertz CT molecular complexity index is 745. The van der Waals surface area contributed by atoms with E-state index >= 15 is 0 Å². The first-order chi connectivity index (χ1) is 9.56. The van der Waals surface area contributed by atoms with Crippen LogP contribution in [0.1, 0.15) is 37.3 Å². The molecule has 4 nitrogen and oxygen atoms in total. The van der Waals surface area contributed by atoms with Crippen LogP contribution in [0.15, 0.2) is 41.1 Å². The maximum Gasteiger partial charge on any atom is 0.153 e. The molecule has 0 radical (unpaired) electrons. The van der Waals surface area contributed by atoms with E-state index in [1.807, 2.05) is 32.2 Å². The molecule has 0 aliphatic carbocycles. The Morgan fingerprint density at radius 2 is 2.15 bits per heavy atom. The summed E-state index contributed by atoms with van der Waals surface area (Å²) in [6, 6.07) is 7.57. The van der Waals surface area contributed by atoms with Gasteiger partial charge in [0, 0.05) is 23.2 Å². The lowest BCUT2D eigenvalue weighted by Crippen LogP contribution is -2.01. The van der Waals surface area contributed by atoms with E-state index in [2.05, 4.69) is 5.10 Å². The first kappa shape index (κ1) is 13.2. The van der Waals surface area contributed by atoms with Crippen LogP contribution in [0.4, 0.5) is 0 Å². The van der Waals surface area contributed by atoms with Gasteiger partial charge in [-0.15, -0.1) is 0 Å². The molecule has 3 rings (SSSR count). The molecule has 0 aliphatic rings. The van der Waals surface area contributed by atoms with Crippen molar-refractivity contribution >= 4 is 22.6 Å². The van der Waals surface area contributed by atoms with Crippen LogP contribution < -0.4 is 0 Å². The Balaban J connectivity index is 1.99. The summed E-state index contributed by atoms with van der Waals surface area (Å²) in [6.45, 7) is 4.06. The van der Waals surface area contributed by atoms with Gasteiger partial charge >= 0.3 is 0 Å². The molecule has 2 heterocycles. The van der Waals surface area contributed by atoms with Crippen LogP contribution >= 0.6 is 11.6 Å². The lowest BCUT2D eigenvalue weighted by molar-refractivity contribution is 0.192. The lowest BCUT2D eigenvalue weighted by Gasteiger charge is -2.05. The Morgan fingerprint density at radius 3 is 2.80 bits per heavy atom. The van der Waals surface area contributed by atoms with E-state index in [0.717, 1.165) is 5.39 Å². The zero-order chi connectivity index (χ0) is 14.3. The minimum atomic E-state index is -0.842. The first-order valence-corrected chi connectivity index (χ1v) is 6.84. The summed E-state index contributed by atoms with van der Waals surface area (Å²) in [5.74, 6) is 0.469. The third kappa shape index (κ3) is 2.21. The molecule has 0 saturated heterocycles. The van der Waals surface area contributed by atoms with Gasteiger partial charge in [0.1, 0.15) is 11.9 Å². The number of aromatic nitrogens is 2. The molecule has 3 aromatic rings. The van der Waals surface area contributed by atoms with Crippen molar-refractivity contribution in [3.8, 4) is 0 Å². The van der Waals surface area contributed by atoms with Crippen LogP contribution in [-0.2, 0) is 0 Å². The fraction of sp³-hybridized carbons (Fsp3) is 0.267. The molecule has 0 aliphatic heterocycles. The largest absolute Gasteiger partial charge is 0.456 e. The van der Waals surface area contributed by atoms with Crippen molar-refractivity contribution in [2.75, 3.05) is 0 Å². The maximum absolute atomic E-state index is 10.4. The van der Waals surface area contributed by atoms with E-state index in [1.54, 1.807) is 23.0 Å². The molecule has 1 atom stereocenters. The lowest BCUT2D eigenvalue weighted by atomic mass is 10.1. The van der Waals surface area contributed by atoms with Crippen LogP contribution in [0, 0.1) is 0 Å². The van der Waals surface area contributed by atoms with E-state index in [-0.39, 0.29) is 6.04 Å². The second kappa shape index (κ2) is 4.96. The highest BCUT2D eigenvalue weighted by molar-refractivity contribution is 6.34. The van der Waals surface area contributed by atoms with Crippen molar-refractivity contribution in [2.45, 2.75) is 26.0 Å². The average molecular weight is 291 g/mol. The Kier molecular flexibility index (Phi) is 3.28. The summed E-state index contributed by atoms with van der Waals surface area (Å²) < 4.78 is 7.47. The predicted molar refractivity (Wildman–Crippen MR) is 77.9 cm³/mol. The van der Waals surface area contributed by atoms with E-state index in [4.69, 9.17) is 16.0 Å². The third-order valence-corrected chi connectivity index (χ3v) is 3.55. The van der Waals surface area contributed by atoms with Gasteiger partial charge in [0.15, 0.2) is 5.58 Å². The number of rotatable bonds is 3. The van der Waals surface area contributed by atoms with Gasteiger partial charge in [-0.2, -0.15) is 5.10 Å². The van der Waals surface area contributed by atoms with E-state index in [0.29, 0.717) is 21.9 Å². The fourth-order valence-electron chi connectivity index (χ4n) is 2.12. The second-order valence-electron chi connectivity index (χ2n) is 5.06. The average Bonchev–Trinajstić information content (AvgIpc) is 3.05. The molecule has 1 aromatic carbocycles. The van der Waals surface area contributed by atoms with Gasteiger partial charge < -0.3 is 9.52 Å². The minimum absolute atomic E-state index is 0.251. The summed E-state index contributed by atoms with van der Waals surface area (Å²) >= 11 is 6.07. The number of benzene rings is 1. The number of hydrogen-bond acceptors (Lipinski definition) is 3. The van der Waals surface area contributed by atoms with E-state index in [9.17, 15) is 5.11 Å². The molecule has 20 heavy (non-hydrogen) atoms. The zero-order valence-corrected chi connectivity index (χ0v) is 12.0. The van der Waals surface area contributed by atoms with Crippen molar-refractivity contribution in [3.63, 3.8) is 0 Å². The van der Waals surface area contributed by atoms with Crippen molar-refractivity contribution in [2.24, 2.45) is 0 Å². The van der Waals surface area contributed by atoms with Crippen LogP contribution in [0.3, 0.4) is 0 Å². The van der Waals surface area contributed by atoms with E-state index < -0.39 is 6.10 Å². The zero-order valence-electron chi connectivity index (χ0n) is 11.2. The first-order valence-electron chi connectivity index (χ1n) is 6.46. The van der Waals surface area contributed by atoms with Crippen molar-refractivity contribution < 1.29 is 9.52 Å². The highest BCUT2D eigenvalue weighted by Gasteiger charge is 2.18. The quantitative estimate of drug-likeness (QED) is 0.795. The Morgan fingerprint density at radius 1 is 1.35 bits per heavy atom. The van der Waals surface area contributed by atoms with Gasteiger partial charge in [-0.25, -0.2) is 0 Å². The molecular formula is C15H15ClN2O2. The fourth-order valence-corrected chi connectivity index (χ4v) is 2.34. The topological polar surface area (TPSA) is 51.2 Å². The number of para-hydroxylation sites is 1. The molecule has 5 heteroatoms. The smallest absolute Gasteiger partial charge is 0.153 e. The molecule has 1 N–H and O–H groups in total. The molecule has 1 unspecified atom stereocenters. The molecular weight excluding hydrogens is 276 g/mol. The highest BCUT2D eigenvalue weighted by Crippen LogP contribution is 2.31. The van der Waals surface area contributed by atoms with Crippen LogP contribution in [0.25, 0.3) is 11.0 Å². The monoisotopic (exact) mass is 290 g/mol. The molecule has 0 fully saturated rings. The van der Waals surface area contributed by atoms with Crippen LogP contribution in [0.5, 0.6) is 0 Å². The van der Waals surface area contributed by atoms with Gasteiger partial charge in [0.25, 0.3) is 0 Å². The minimum Gasteiger partial charge on any atom is -0.456 e. The number of halogens is 1.